The van der Waals surface area contributed by atoms with Crippen LogP contribution in [0, 0.1) is 0 Å². The van der Waals surface area contributed by atoms with Gasteiger partial charge in [0, 0.05) is 50.7 Å². The van der Waals surface area contributed by atoms with E-state index in [4.69, 9.17) is 9.47 Å². The molecule has 4 rings (SSSR count). The molecule has 2 aliphatic heterocycles. The lowest BCUT2D eigenvalue weighted by Gasteiger charge is -2.28. The molecule has 1 aromatic carbocycles. The van der Waals surface area contributed by atoms with E-state index in [-0.39, 0.29) is 0 Å². The standard InChI is InChI=1S/C20H26N4O2/c1-25-18-5-4-17-14-24(7-6-16(17)9-18)13-15-10-21-20(22-11-15)23-12-19-3-2-8-26-19/h4-5,9-11,19H,2-3,6-8,12-14H2,1H3,(H,21,22,23)/t19-/m1/s1. The summed E-state index contributed by atoms with van der Waals surface area (Å²) < 4.78 is 10.9. The van der Waals surface area contributed by atoms with Crippen LogP contribution < -0.4 is 10.1 Å². The van der Waals surface area contributed by atoms with Crippen molar-refractivity contribution in [2.24, 2.45) is 0 Å². The van der Waals surface area contributed by atoms with Gasteiger partial charge in [0.2, 0.25) is 5.95 Å². The molecule has 1 N–H and O–H groups in total. The monoisotopic (exact) mass is 354 g/mol. The van der Waals surface area contributed by atoms with Crippen molar-refractivity contribution in [1.29, 1.82) is 0 Å². The highest BCUT2D eigenvalue weighted by atomic mass is 16.5. The van der Waals surface area contributed by atoms with Crippen molar-refractivity contribution in [3.05, 3.63) is 47.3 Å². The summed E-state index contributed by atoms with van der Waals surface area (Å²) in [5.41, 5.74) is 3.92. The summed E-state index contributed by atoms with van der Waals surface area (Å²) in [4.78, 5) is 11.3. The molecule has 1 saturated heterocycles. The summed E-state index contributed by atoms with van der Waals surface area (Å²) in [5.74, 6) is 1.62. The average molecular weight is 354 g/mol. The van der Waals surface area contributed by atoms with Gasteiger partial charge in [-0.3, -0.25) is 4.90 Å². The summed E-state index contributed by atoms with van der Waals surface area (Å²) in [6, 6.07) is 6.37. The third-order valence-electron chi connectivity index (χ3n) is 5.13. The van der Waals surface area contributed by atoms with Crippen LogP contribution in [0.5, 0.6) is 5.75 Å². The van der Waals surface area contributed by atoms with Crippen LogP contribution in [0.15, 0.2) is 30.6 Å². The van der Waals surface area contributed by atoms with E-state index in [0.717, 1.165) is 63.4 Å². The first-order valence-electron chi connectivity index (χ1n) is 9.35. The van der Waals surface area contributed by atoms with Gasteiger partial charge in [0.15, 0.2) is 0 Å². The number of benzene rings is 1. The molecule has 1 fully saturated rings. The average Bonchev–Trinajstić information content (AvgIpc) is 3.21. The van der Waals surface area contributed by atoms with Crippen molar-refractivity contribution < 1.29 is 9.47 Å². The molecule has 0 unspecified atom stereocenters. The van der Waals surface area contributed by atoms with Crippen LogP contribution in [0.25, 0.3) is 0 Å². The molecule has 2 aliphatic rings. The Labute approximate surface area is 154 Å². The molecule has 0 aliphatic carbocycles. The highest BCUT2D eigenvalue weighted by molar-refractivity contribution is 5.37. The lowest BCUT2D eigenvalue weighted by Crippen LogP contribution is -2.30. The van der Waals surface area contributed by atoms with E-state index in [1.54, 1.807) is 7.11 Å². The number of methoxy groups -OCH3 is 1. The topological polar surface area (TPSA) is 59.5 Å². The Morgan fingerprint density at radius 3 is 2.92 bits per heavy atom. The molecule has 2 aromatic rings. The molecule has 1 atom stereocenters. The Morgan fingerprint density at radius 2 is 2.15 bits per heavy atom. The van der Waals surface area contributed by atoms with Crippen LogP contribution in [0.4, 0.5) is 5.95 Å². The fourth-order valence-electron chi connectivity index (χ4n) is 3.65. The van der Waals surface area contributed by atoms with E-state index in [1.807, 2.05) is 18.5 Å². The lowest BCUT2D eigenvalue weighted by atomic mass is 9.99. The van der Waals surface area contributed by atoms with E-state index >= 15 is 0 Å². The van der Waals surface area contributed by atoms with Gasteiger partial charge in [-0.25, -0.2) is 9.97 Å². The number of fused-ring (bicyclic) bond motifs is 1. The number of hydrogen-bond donors (Lipinski definition) is 1. The Morgan fingerprint density at radius 1 is 1.27 bits per heavy atom. The molecule has 6 nitrogen and oxygen atoms in total. The zero-order valence-electron chi connectivity index (χ0n) is 15.3. The van der Waals surface area contributed by atoms with Gasteiger partial charge >= 0.3 is 0 Å². The van der Waals surface area contributed by atoms with Gasteiger partial charge in [-0.15, -0.1) is 0 Å². The van der Waals surface area contributed by atoms with Crippen molar-refractivity contribution in [3.8, 4) is 5.75 Å². The number of rotatable bonds is 6. The minimum absolute atomic E-state index is 0.297. The fourth-order valence-corrected chi connectivity index (χ4v) is 3.65. The number of aromatic nitrogens is 2. The summed E-state index contributed by atoms with van der Waals surface area (Å²) in [7, 11) is 1.72. The molecule has 0 radical (unpaired) electrons. The first-order chi connectivity index (χ1) is 12.8. The molecule has 1 aromatic heterocycles. The molecule has 26 heavy (non-hydrogen) atoms. The van der Waals surface area contributed by atoms with Crippen molar-refractivity contribution in [1.82, 2.24) is 14.9 Å². The maximum atomic E-state index is 5.61. The Kier molecular flexibility index (Phi) is 5.32. The van der Waals surface area contributed by atoms with Crippen molar-refractivity contribution >= 4 is 5.95 Å². The van der Waals surface area contributed by atoms with Crippen LogP contribution in [-0.2, 0) is 24.2 Å². The second kappa shape index (κ2) is 8.01. The molecule has 0 spiro atoms. The van der Waals surface area contributed by atoms with Gasteiger partial charge in [-0.1, -0.05) is 6.07 Å². The Hall–Kier alpha value is -2.18. The maximum Gasteiger partial charge on any atom is 0.222 e. The number of nitrogens with zero attached hydrogens (tertiary/aromatic N) is 3. The van der Waals surface area contributed by atoms with E-state index in [9.17, 15) is 0 Å². The second-order valence-electron chi connectivity index (χ2n) is 7.03. The summed E-state index contributed by atoms with van der Waals surface area (Å²) in [6.07, 6.45) is 7.47. The third-order valence-corrected chi connectivity index (χ3v) is 5.13. The third kappa shape index (κ3) is 4.14. The lowest BCUT2D eigenvalue weighted by molar-refractivity contribution is 0.120. The van der Waals surface area contributed by atoms with Crippen LogP contribution in [-0.4, -0.2) is 47.8 Å². The van der Waals surface area contributed by atoms with Gasteiger partial charge in [0.25, 0.3) is 0 Å². The smallest absolute Gasteiger partial charge is 0.222 e. The predicted octanol–water partition coefficient (Wildman–Crippen LogP) is 2.63. The van der Waals surface area contributed by atoms with Gasteiger partial charge in [-0.2, -0.15) is 0 Å². The number of hydrogen-bond acceptors (Lipinski definition) is 6. The van der Waals surface area contributed by atoms with Gasteiger partial charge in [0.05, 0.1) is 13.2 Å². The normalized spacial score (nSPS) is 20.0. The molecule has 138 valence electrons. The Balaban J connectivity index is 1.31. The highest BCUT2D eigenvalue weighted by Crippen LogP contribution is 2.24. The van der Waals surface area contributed by atoms with Gasteiger partial charge in [-0.05, 0) is 42.5 Å². The van der Waals surface area contributed by atoms with Crippen LogP contribution in [0.2, 0.25) is 0 Å². The maximum absolute atomic E-state index is 5.61. The fraction of sp³-hybridized carbons (Fsp3) is 0.500. The zero-order valence-corrected chi connectivity index (χ0v) is 15.3. The minimum atomic E-state index is 0.297. The number of ether oxygens (including phenoxy) is 2. The quantitative estimate of drug-likeness (QED) is 0.861. The zero-order chi connectivity index (χ0) is 17.8. The van der Waals surface area contributed by atoms with Crippen molar-refractivity contribution in [2.45, 2.75) is 38.5 Å². The molecular formula is C20H26N4O2. The summed E-state index contributed by atoms with van der Waals surface area (Å²) in [6.45, 7) is 4.53. The van der Waals surface area contributed by atoms with Gasteiger partial charge < -0.3 is 14.8 Å². The first-order valence-corrected chi connectivity index (χ1v) is 9.35. The van der Waals surface area contributed by atoms with Crippen molar-refractivity contribution in [3.63, 3.8) is 0 Å². The largest absolute Gasteiger partial charge is 0.497 e. The Bertz CT molecular complexity index is 729. The molecule has 6 heteroatoms. The molecule has 0 saturated carbocycles. The summed E-state index contributed by atoms with van der Waals surface area (Å²) in [5, 5.41) is 3.27. The van der Waals surface area contributed by atoms with E-state index < -0.39 is 0 Å². The molecule has 0 amide bonds. The van der Waals surface area contributed by atoms with E-state index in [0.29, 0.717) is 12.1 Å². The SMILES string of the molecule is COc1ccc2c(c1)CCN(Cc1cnc(NC[C@H]3CCCO3)nc1)C2. The van der Waals surface area contributed by atoms with E-state index in [2.05, 4.69) is 32.3 Å². The molecule has 3 heterocycles. The molecule has 0 bridgehead atoms. The van der Waals surface area contributed by atoms with Crippen LogP contribution >= 0.6 is 0 Å². The van der Waals surface area contributed by atoms with E-state index in [1.165, 1.54) is 11.1 Å². The number of nitrogens with one attached hydrogen (secondary N) is 1. The predicted molar refractivity (Wildman–Crippen MR) is 100 cm³/mol. The minimum Gasteiger partial charge on any atom is -0.497 e. The molecular weight excluding hydrogens is 328 g/mol. The first kappa shape index (κ1) is 17.2. The second-order valence-corrected chi connectivity index (χ2v) is 7.03. The van der Waals surface area contributed by atoms with Crippen LogP contribution in [0.3, 0.4) is 0 Å². The summed E-state index contributed by atoms with van der Waals surface area (Å²) >= 11 is 0. The van der Waals surface area contributed by atoms with Crippen molar-refractivity contribution in [2.75, 3.05) is 32.1 Å². The van der Waals surface area contributed by atoms with Crippen LogP contribution in [0.1, 0.15) is 29.5 Å². The van der Waals surface area contributed by atoms with Gasteiger partial charge in [0.1, 0.15) is 5.75 Å². The highest BCUT2D eigenvalue weighted by Gasteiger charge is 2.18. The number of anilines is 1.